The first-order valence-corrected chi connectivity index (χ1v) is 10.4. The fraction of sp³-hybridized carbons (Fsp3) is 0.429. The Bertz CT molecular complexity index is 1090. The Balaban J connectivity index is 1.21. The van der Waals surface area contributed by atoms with E-state index in [9.17, 15) is 9.59 Å². The van der Waals surface area contributed by atoms with E-state index in [1.165, 1.54) is 17.4 Å². The number of rotatable bonds is 4. The molecule has 9 nitrogen and oxygen atoms in total. The van der Waals surface area contributed by atoms with Gasteiger partial charge in [-0.2, -0.15) is 0 Å². The minimum Gasteiger partial charge on any atom is -0.408 e. The predicted octanol–water partition coefficient (Wildman–Crippen LogP) is 1.33. The standard InChI is InChI=1S/C21H24N6O3/c28-20(15-27-16-5-1-2-6-17(16)30-21(27)29)26-13-11-25(12-14-26)19-8-7-18(22-23-19)24-9-3-4-10-24/h1-2,5-8H,3-4,9-15H2. The third-order valence-electron chi connectivity index (χ3n) is 5.89. The SMILES string of the molecule is O=C(Cn1c(=O)oc2ccccc21)N1CCN(c2ccc(N3CCCC3)nn2)CC1. The maximum absolute atomic E-state index is 12.8. The highest BCUT2D eigenvalue weighted by molar-refractivity contribution is 5.79. The summed E-state index contributed by atoms with van der Waals surface area (Å²) in [6.45, 7) is 4.61. The molecule has 0 radical (unpaired) electrons. The van der Waals surface area contributed by atoms with E-state index in [-0.39, 0.29) is 12.5 Å². The lowest BCUT2D eigenvalue weighted by atomic mass is 10.3. The third-order valence-corrected chi connectivity index (χ3v) is 5.89. The zero-order chi connectivity index (χ0) is 20.5. The first-order valence-electron chi connectivity index (χ1n) is 10.4. The highest BCUT2D eigenvalue weighted by atomic mass is 16.4. The summed E-state index contributed by atoms with van der Waals surface area (Å²) in [6, 6.07) is 11.2. The Labute approximate surface area is 173 Å². The van der Waals surface area contributed by atoms with Gasteiger partial charge in [0.25, 0.3) is 0 Å². The van der Waals surface area contributed by atoms with Gasteiger partial charge in [-0.3, -0.25) is 9.36 Å². The van der Waals surface area contributed by atoms with Crippen LogP contribution in [0.4, 0.5) is 11.6 Å². The van der Waals surface area contributed by atoms with Crippen LogP contribution < -0.4 is 15.6 Å². The van der Waals surface area contributed by atoms with Gasteiger partial charge in [-0.25, -0.2) is 4.79 Å². The molecule has 1 aromatic carbocycles. The summed E-state index contributed by atoms with van der Waals surface area (Å²) in [7, 11) is 0. The third kappa shape index (κ3) is 3.51. The number of hydrogen-bond acceptors (Lipinski definition) is 7. The van der Waals surface area contributed by atoms with Crippen molar-refractivity contribution in [3.8, 4) is 0 Å². The molecular formula is C21H24N6O3. The van der Waals surface area contributed by atoms with E-state index in [1.807, 2.05) is 18.2 Å². The van der Waals surface area contributed by atoms with Gasteiger partial charge >= 0.3 is 5.76 Å². The molecule has 30 heavy (non-hydrogen) atoms. The lowest BCUT2D eigenvalue weighted by Gasteiger charge is -2.35. The Hall–Kier alpha value is -3.36. The van der Waals surface area contributed by atoms with Gasteiger partial charge in [0.15, 0.2) is 17.2 Å². The number of carbonyl (C=O) groups excluding carboxylic acids is 1. The summed E-state index contributed by atoms with van der Waals surface area (Å²) in [4.78, 5) is 31.1. The fourth-order valence-electron chi connectivity index (χ4n) is 4.19. The number of amides is 1. The number of fused-ring (bicyclic) bond motifs is 1. The summed E-state index contributed by atoms with van der Waals surface area (Å²) in [5.41, 5.74) is 1.14. The molecule has 0 atom stereocenters. The number of hydrogen-bond donors (Lipinski definition) is 0. The van der Waals surface area contributed by atoms with Gasteiger partial charge in [0.05, 0.1) is 5.52 Å². The number of carbonyl (C=O) groups is 1. The molecule has 0 bridgehead atoms. The number of oxazole rings is 1. The van der Waals surface area contributed by atoms with Gasteiger partial charge < -0.3 is 19.1 Å². The molecule has 156 valence electrons. The first kappa shape index (κ1) is 18.7. The smallest absolute Gasteiger partial charge is 0.408 e. The van der Waals surface area contributed by atoms with Crippen molar-refractivity contribution in [3.05, 3.63) is 46.9 Å². The largest absolute Gasteiger partial charge is 0.420 e. The second kappa shape index (κ2) is 7.81. The Morgan fingerprint density at radius 3 is 2.17 bits per heavy atom. The van der Waals surface area contributed by atoms with Crippen molar-refractivity contribution in [2.45, 2.75) is 19.4 Å². The van der Waals surface area contributed by atoms with Gasteiger partial charge in [0.2, 0.25) is 5.91 Å². The van der Waals surface area contributed by atoms with Crippen LogP contribution >= 0.6 is 0 Å². The van der Waals surface area contributed by atoms with Crippen molar-refractivity contribution in [3.63, 3.8) is 0 Å². The van der Waals surface area contributed by atoms with Gasteiger partial charge in [-0.1, -0.05) is 12.1 Å². The van der Waals surface area contributed by atoms with Crippen molar-refractivity contribution in [1.29, 1.82) is 0 Å². The maximum atomic E-state index is 12.8. The summed E-state index contributed by atoms with van der Waals surface area (Å²) in [5, 5.41) is 8.78. The minimum atomic E-state index is -0.503. The highest BCUT2D eigenvalue weighted by Crippen LogP contribution is 2.20. The number of anilines is 2. The summed E-state index contributed by atoms with van der Waals surface area (Å²) < 4.78 is 6.61. The number of piperazine rings is 1. The Morgan fingerprint density at radius 2 is 1.50 bits per heavy atom. The van der Waals surface area contributed by atoms with Crippen LogP contribution in [-0.4, -0.2) is 64.8 Å². The average molecular weight is 408 g/mol. The van der Waals surface area contributed by atoms with Crippen LogP contribution in [0.25, 0.3) is 11.1 Å². The normalized spacial score (nSPS) is 17.1. The topological polar surface area (TPSA) is 87.7 Å². The van der Waals surface area contributed by atoms with E-state index in [1.54, 1.807) is 23.1 Å². The molecule has 0 unspecified atom stereocenters. The van der Waals surface area contributed by atoms with Crippen LogP contribution in [0.1, 0.15) is 12.8 Å². The molecule has 4 heterocycles. The molecule has 2 fully saturated rings. The molecule has 2 aliphatic heterocycles. The van der Waals surface area contributed by atoms with Crippen LogP contribution in [-0.2, 0) is 11.3 Å². The number of nitrogens with zero attached hydrogens (tertiary/aromatic N) is 6. The Morgan fingerprint density at radius 1 is 0.867 bits per heavy atom. The van der Waals surface area contributed by atoms with E-state index < -0.39 is 5.76 Å². The van der Waals surface area contributed by atoms with E-state index in [0.717, 1.165) is 24.7 Å². The van der Waals surface area contributed by atoms with Crippen LogP contribution in [0, 0.1) is 0 Å². The number of aromatic nitrogens is 3. The van der Waals surface area contributed by atoms with Gasteiger partial charge in [-0.05, 0) is 37.1 Å². The first-order chi connectivity index (χ1) is 14.7. The van der Waals surface area contributed by atoms with Crippen molar-refractivity contribution < 1.29 is 9.21 Å². The van der Waals surface area contributed by atoms with Gasteiger partial charge in [0, 0.05) is 39.3 Å². The Kier molecular flexibility index (Phi) is 4.86. The maximum Gasteiger partial charge on any atom is 0.420 e. The lowest BCUT2D eigenvalue weighted by molar-refractivity contribution is -0.132. The van der Waals surface area contributed by atoms with Crippen molar-refractivity contribution >= 4 is 28.6 Å². The number of para-hydroxylation sites is 2. The quantitative estimate of drug-likeness (QED) is 0.644. The van der Waals surface area contributed by atoms with Gasteiger partial charge in [-0.15, -0.1) is 10.2 Å². The highest BCUT2D eigenvalue weighted by Gasteiger charge is 2.24. The molecule has 2 aromatic heterocycles. The van der Waals surface area contributed by atoms with E-state index in [4.69, 9.17) is 4.42 Å². The summed E-state index contributed by atoms with van der Waals surface area (Å²) in [6.07, 6.45) is 2.42. The second-order valence-electron chi connectivity index (χ2n) is 7.73. The van der Waals surface area contributed by atoms with E-state index >= 15 is 0 Å². The van der Waals surface area contributed by atoms with Crippen LogP contribution in [0.15, 0.2) is 45.6 Å². The van der Waals surface area contributed by atoms with Crippen molar-refractivity contribution in [2.24, 2.45) is 0 Å². The van der Waals surface area contributed by atoms with E-state index in [2.05, 4.69) is 20.0 Å². The van der Waals surface area contributed by atoms with Crippen LogP contribution in [0.5, 0.6) is 0 Å². The zero-order valence-corrected chi connectivity index (χ0v) is 16.7. The monoisotopic (exact) mass is 408 g/mol. The second-order valence-corrected chi connectivity index (χ2v) is 7.73. The molecule has 3 aromatic rings. The molecule has 0 saturated carbocycles. The van der Waals surface area contributed by atoms with Crippen molar-refractivity contribution in [1.82, 2.24) is 19.7 Å². The van der Waals surface area contributed by atoms with Crippen LogP contribution in [0.2, 0.25) is 0 Å². The minimum absolute atomic E-state index is 0.0137. The van der Waals surface area contributed by atoms with Gasteiger partial charge in [0.1, 0.15) is 6.54 Å². The summed E-state index contributed by atoms with van der Waals surface area (Å²) in [5.74, 6) is 1.18. The molecular weight excluding hydrogens is 384 g/mol. The summed E-state index contributed by atoms with van der Waals surface area (Å²) >= 11 is 0. The zero-order valence-electron chi connectivity index (χ0n) is 16.7. The molecule has 1 amide bonds. The number of benzene rings is 1. The molecule has 2 aliphatic rings. The molecule has 0 spiro atoms. The lowest BCUT2D eigenvalue weighted by Crippen LogP contribution is -2.50. The van der Waals surface area contributed by atoms with Crippen LogP contribution in [0.3, 0.4) is 0 Å². The molecule has 5 rings (SSSR count). The van der Waals surface area contributed by atoms with Crippen molar-refractivity contribution in [2.75, 3.05) is 49.1 Å². The molecule has 2 saturated heterocycles. The van der Waals surface area contributed by atoms with E-state index in [0.29, 0.717) is 37.3 Å². The average Bonchev–Trinajstić information content (AvgIpc) is 3.43. The molecule has 0 aliphatic carbocycles. The molecule has 0 N–H and O–H groups in total. The predicted molar refractivity (Wildman–Crippen MR) is 113 cm³/mol. The fourth-order valence-corrected chi connectivity index (χ4v) is 4.19. The molecule has 9 heteroatoms.